The minimum atomic E-state index is -2.95. The lowest BCUT2D eigenvalue weighted by Crippen LogP contribution is -2.13. The zero-order valence-electron chi connectivity index (χ0n) is 7.69. The van der Waals surface area contributed by atoms with Gasteiger partial charge in [-0.25, -0.2) is 13.1 Å². The molecule has 0 spiro atoms. The van der Waals surface area contributed by atoms with E-state index in [1.165, 1.54) is 10.9 Å². The second kappa shape index (κ2) is 3.37. The van der Waals surface area contributed by atoms with Gasteiger partial charge in [0.05, 0.1) is 18.0 Å². The van der Waals surface area contributed by atoms with Crippen LogP contribution < -0.4 is 5.73 Å². The van der Waals surface area contributed by atoms with E-state index in [0.717, 1.165) is 5.69 Å². The topological polar surface area (TPSA) is 78.0 Å². The lowest BCUT2D eigenvalue weighted by molar-refractivity contribution is 0.587. The lowest BCUT2D eigenvalue weighted by Gasteiger charge is -2.01. The van der Waals surface area contributed by atoms with E-state index in [9.17, 15) is 8.42 Å². The molecule has 13 heavy (non-hydrogen) atoms. The molecule has 5 nitrogen and oxygen atoms in total. The highest BCUT2D eigenvalue weighted by atomic mass is 32.2. The van der Waals surface area contributed by atoms with Crippen molar-refractivity contribution in [2.24, 2.45) is 0 Å². The summed E-state index contributed by atoms with van der Waals surface area (Å²) in [5, 5.41) is 4.04. The van der Waals surface area contributed by atoms with Crippen LogP contribution in [0.5, 0.6) is 0 Å². The molecule has 0 aliphatic carbocycles. The summed E-state index contributed by atoms with van der Waals surface area (Å²) in [5.74, 6) is 0.569. The Balaban J connectivity index is 2.70. The molecule has 0 saturated carbocycles. The van der Waals surface area contributed by atoms with Crippen molar-refractivity contribution in [2.45, 2.75) is 13.5 Å². The van der Waals surface area contributed by atoms with E-state index < -0.39 is 9.84 Å². The third kappa shape index (κ3) is 3.06. The largest absolute Gasteiger partial charge is 0.384 e. The molecule has 0 atom stereocenters. The van der Waals surface area contributed by atoms with Gasteiger partial charge in [0.15, 0.2) is 0 Å². The molecule has 1 rings (SSSR count). The van der Waals surface area contributed by atoms with E-state index in [1.807, 2.05) is 6.92 Å². The Morgan fingerprint density at radius 3 is 2.62 bits per heavy atom. The van der Waals surface area contributed by atoms with Crippen LogP contribution in [0.2, 0.25) is 0 Å². The number of nitrogen functional groups attached to an aromatic ring is 1. The average Bonchev–Trinajstić information content (AvgIpc) is 2.24. The van der Waals surface area contributed by atoms with Crippen molar-refractivity contribution in [2.75, 3.05) is 17.7 Å². The van der Waals surface area contributed by atoms with Crippen LogP contribution in [0.15, 0.2) is 6.07 Å². The number of nitrogens with zero attached hydrogens (tertiary/aromatic N) is 2. The summed E-state index contributed by atoms with van der Waals surface area (Å²) in [5.41, 5.74) is 6.37. The SMILES string of the molecule is Cc1cc(N)n(CCS(C)(=O)=O)n1. The summed E-state index contributed by atoms with van der Waals surface area (Å²) in [6.07, 6.45) is 1.19. The summed E-state index contributed by atoms with van der Waals surface area (Å²) in [6, 6.07) is 1.71. The smallest absolute Gasteiger partial charge is 0.149 e. The van der Waals surface area contributed by atoms with Gasteiger partial charge in [0.25, 0.3) is 0 Å². The minimum absolute atomic E-state index is 0.0678. The minimum Gasteiger partial charge on any atom is -0.384 e. The van der Waals surface area contributed by atoms with Crippen molar-refractivity contribution >= 4 is 15.7 Å². The molecule has 0 aromatic carbocycles. The second-order valence-corrected chi connectivity index (χ2v) is 5.32. The molecule has 1 aromatic heterocycles. The number of hydrogen-bond donors (Lipinski definition) is 1. The summed E-state index contributed by atoms with van der Waals surface area (Å²) in [7, 11) is -2.95. The maximum Gasteiger partial charge on any atom is 0.149 e. The normalized spacial score (nSPS) is 11.8. The fraction of sp³-hybridized carbons (Fsp3) is 0.571. The zero-order valence-corrected chi connectivity index (χ0v) is 8.50. The lowest BCUT2D eigenvalue weighted by atomic mass is 10.5. The number of nitrogens with two attached hydrogens (primary N) is 1. The molecular weight excluding hydrogens is 190 g/mol. The van der Waals surface area contributed by atoms with Gasteiger partial charge in [-0.2, -0.15) is 5.10 Å². The number of sulfone groups is 1. The van der Waals surface area contributed by atoms with Crippen LogP contribution in [-0.4, -0.2) is 30.2 Å². The van der Waals surface area contributed by atoms with Gasteiger partial charge < -0.3 is 5.73 Å². The molecule has 74 valence electrons. The Hall–Kier alpha value is -1.04. The standard InChI is InChI=1S/C7H13N3O2S/c1-6-5-7(8)10(9-6)3-4-13(2,11)12/h5H,3-4,8H2,1-2H3. The van der Waals surface area contributed by atoms with Crippen molar-refractivity contribution in [1.29, 1.82) is 0 Å². The third-order valence-electron chi connectivity index (χ3n) is 1.61. The highest BCUT2D eigenvalue weighted by Gasteiger charge is 2.05. The Morgan fingerprint density at radius 2 is 2.23 bits per heavy atom. The van der Waals surface area contributed by atoms with Crippen LogP contribution in [-0.2, 0) is 16.4 Å². The van der Waals surface area contributed by atoms with Crippen LogP contribution >= 0.6 is 0 Å². The van der Waals surface area contributed by atoms with Crippen LogP contribution in [0.1, 0.15) is 5.69 Å². The molecule has 1 heterocycles. The molecule has 0 saturated heterocycles. The Kier molecular flexibility index (Phi) is 2.60. The summed E-state index contributed by atoms with van der Waals surface area (Å²) in [6.45, 7) is 2.13. The summed E-state index contributed by atoms with van der Waals surface area (Å²) >= 11 is 0. The highest BCUT2D eigenvalue weighted by molar-refractivity contribution is 7.90. The van der Waals surface area contributed by atoms with E-state index in [2.05, 4.69) is 5.10 Å². The molecule has 0 bridgehead atoms. The fourth-order valence-corrected chi connectivity index (χ4v) is 1.50. The molecule has 0 radical (unpaired) electrons. The molecule has 0 aliphatic heterocycles. The number of anilines is 1. The molecule has 6 heteroatoms. The van der Waals surface area contributed by atoms with E-state index in [-0.39, 0.29) is 5.75 Å². The molecule has 0 amide bonds. The quantitative estimate of drug-likeness (QED) is 0.739. The summed E-state index contributed by atoms with van der Waals surface area (Å²) in [4.78, 5) is 0. The Bertz CT molecular complexity index is 394. The molecular formula is C7H13N3O2S. The van der Waals surface area contributed by atoms with Gasteiger partial charge in [-0.1, -0.05) is 0 Å². The van der Waals surface area contributed by atoms with Crippen molar-refractivity contribution < 1.29 is 8.42 Å². The Labute approximate surface area is 77.5 Å². The zero-order chi connectivity index (χ0) is 10.1. The first-order valence-corrected chi connectivity index (χ1v) is 5.92. The third-order valence-corrected chi connectivity index (χ3v) is 2.53. The highest BCUT2D eigenvalue weighted by Crippen LogP contribution is 2.04. The molecule has 0 aliphatic rings. The monoisotopic (exact) mass is 203 g/mol. The van der Waals surface area contributed by atoms with Gasteiger partial charge in [-0.15, -0.1) is 0 Å². The average molecular weight is 203 g/mol. The number of hydrogen-bond acceptors (Lipinski definition) is 4. The number of aromatic nitrogens is 2. The predicted molar refractivity (Wildman–Crippen MR) is 51.1 cm³/mol. The van der Waals surface area contributed by atoms with Crippen molar-refractivity contribution in [1.82, 2.24) is 9.78 Å². The molecule has 1 aromatic rings. The molecule has 0 fully saturated rings. The molecule has 0 unspecified atom stereocenters. The van der Waals surface area contributed by atoms with Crippen molar-refractivity contribution in [3.63, 3.8) is 0 Å². The van der Waals surface area contributed by atoms with E-state index in [1.54, 1.807) is 6.07 Å². The van der Waals surface area contributed by atoms with Crippen LogP contribution in [0.4, 0.5) is 5.82 Å². The van der Waals surface area contributed by atoms with Crippen LogP contribution in [0, 0.1) is 6.92 Å². The maximum absolute atomic E-state index is 10.8. The first-order valence-electron chi connectivity index (χ1n) is 3.86. The van der Waals surface area contributed by atoms with Crippen LogP contribution in [0.25, 0.3) is 0 Å². The van der Waals surface area contributed by atoms with Crippen molar-refractivity contribution in [3.8, 4) is 0 Å². The molecule has 2 N–H and O–H groups in total. The first-order chi connectivity index (χ1) is 5.88. The Morgan fingerprint density at radius 1 is 1.62 bits per heavy atom. The predicted octanol–water partition coefficient (Wildman–Crippen LogP) is -0.182. The number of aryl methyl sites for hydroxylation is 2. The fourth-order valence-electron chi connectivity index (χ4n) is 0.997. The van der Waals surface area contributed by atoms with Crippen molar-refractivity contribution in [3.05, 3.63) is 11.8 Å². The van der Waals surface area contributed by atoms with E-state index in [0.29, 0.717) is 12.4 Å². The van der Waals surface area contributed by atoms with Crippen LogP contribution in [0.3, 0.4) is 0 Å². The van der Waals surface area contributed by atoms with Gasteiger partial charge >= 0.3 is 0 Å². The second-order valence-electron chi connectivity index (χ2n) is 3.06. The van der Waals surface area contributed by atoms with E-state index >= 15 is 0 Å². The number of rotatable bonds is 3. The van der Waals surface area contributed by atoms with Gasteiger partial charge in [-0.05, 0) is 6.92 Å². The summed E-state index contributed by atoms with van der Waals surface area (Å²) < 4.78 is 23.2. The van der Waals surface area contributed by atoms with Gasteiger partial charge in [0, 0.05) is 12.3 Å². The van der Waals surface area contributed by atoms with Gasteiger partial charge in [-0.3, -0.25) is 0 Å². The first kappa shape index (κ1) is 10.0. The maximum atomic E-state index is 10.8. The van der Waals surface area contributed by atoms with Gasteiger partial charge in [0.2, 0.25) is 0 Å². The van der Waals surface area contributed by atoms with E-state index in [4.69, 9.17) is 5.73 Å². The van der Waals surface area contributed by atoms with Gasteiger partial charge in [0.1, 0.15) is 15.7 Å².